The van der Waals surface area contributed by atoms with E-state index in [4.69, 9.17) is 0 Å². The molecule has 1 N–H and O–H groups in total. The second-order valence-corrected chi connectivity index (χ2v) is 9.19. The van der Waals surface area contributed by atoms with Crippen molar-refractivity contribution >= 4 is 27.5 Å². The number of carbonyl (C=O) groups is 2. The van der Waals surface area contributed by atoms with Crippen molar-refractivity contribution in [1.29, 1.82) is 0 Å². The lowest BCUT2D eigenvalue weighted by molar-refractivity contribution is -0.124. The molecular formula is C21H23N3O4S. The molecule has 0 bridgehead atoms. The summed E-state index contributed by atoms with van der Waals surface area (Å²) in [4.78, 5) is 26.2. The van der Waals surface area contributed by atoms with Crippen LogP contribution in [0.4, 0.5) is 5.69 Å². The van der Waals surface area contributed by atoms with Crippen LogP contribution in [-0.2, 0) is 32.6 Å². The van der Waals surface area contributed by atoms with Gasteiger partial charge in [-0.3, -0.25) is 9.59 Å². The first-order valence-electron chi connectivity index (χ1n) is 9.62. The second-order valence-electron chi connectivity index (χ2n) is 7.30. The van der Waals surface area contributed by atoms with Crippen LogP contribution in [0.3, 0.4) is 0 Å². The number of hydrogen-bond acceptors (Lipinski definition) is 4. The topological polar surface area (TPSA) is 86.8 Å². The van der Waals surface area contributed by atoms with Gasteiger partial charge in [-0.25, -0.2) is 8.42 Å². The largest absolute Gasteiger partial charge is 0.358 e. The first-order valence-corrected chi connectivity index (χ1v) is 11.1. The van der Waals surface area contributed by atoms with E-state index in [1.165, 1.54) is 23.5 Å². The molecule has 29 heavy (non-hydrogen) atoms. The van der Waals surface area contributed by atoms with Crippen LogP contribution in [-0.4, -0.2) is 44.2 Å². The van der Waals surface area contributed by atoms with Crippen molar-refractivity contribution in [1.82, 2.24) is 9.62 Å². The Labute approximate surface area is 170 Å². The summed E-state index contributed by atoms with van der Waals surface area (Å²) in [5.74, 6) is -0.282. The predicted octanol–water partition coefficient (Wildman–Crippen LogP) is 1.67. The van der Waals surface area contributed by atoms with Gasteiger partial charge in [-0.15, -0.1) is 0 Å². The molecule has 0 aliphatic carbocycles. The molecule has 1 atom stereocenters. The molecule has 2 aromatic carbocycles. The lowest BCUT2D eigenvalue weighted by Gasteiger charge is -2.34. The third-order valence-corrected chi connectivity index (χ3v) is 7.45. The Morgan fingerprint density at radius 1 is 1.07 bits per heavy atom. The van der Waals surface area contributed by atoms with Gasteiger partial charge in [0.05, 0.1) is 4.90 Å². The molecule has 2 aliphatic rings. The van der Waals surface area contributed by atoms with E-state index in [0.717, 1.165) is 17.5 Å². The normalized spacial score (nSPS) is 19.8. The van der Waals surface area contributed by atoms with Crippen LogP contribution in [0.5, 0.6) is 0 Å². The van der Waals surface area contributed by atoms with Crippen molar-refractivity contribution in [3.8, 4) is 0 Å². The minimum atomic E-state index is -3.89. The lowest BCUT2D eigenvalue weighted by atomic mass is 9.95. The smallest absolute Gasteiger partial charge is 0.244 e. The molecule has 2 heterocycles. The first kappa shape index (κ1) is 19.6. The van der Waals surface area contributed by atoms with E-state index in [1.54, 1.807) is 17.0 Å². The van der Waals surface area contributed by atoms with Crippen LogP contribution in [0, 0.1) is 0 Å². The molecule has 4 rings (SSSR count). The molecule has 152 valence electrons. The molecule has 2 aromatic rings. The van der Waals surface area contributed by atoms with Crippen LogP contribution in [0.25, 0.3) is 0 Å². The van der Waals surface area contributed by atoms with Gasteiger partial charge in [0, 0.05) is 32.2 Å². The van der Waals surface area contributed by atoms with Crippen molar-refractivity contribution in [2.75, 3.05) is 18.5 Å². The predicted molar refractivity (Wildman–Crippen MR) is 109 cm³/mol. The number of fused-ring (bicyclic) bond motifs is 1. The minimum absolute atomic E-state index is 0.0490. The van der Waals surface area contributed by atoms with Crippen molar-refractivity contribution in [2.45, 2.75) is 36.7 Å². The zero-order chi connectivity index (χ0) is 20.6. The summed E-state index contributed by atoms with van der Waals surface area (Å²) >= 11 is 0. The maximum absolute atomic E-state index is 13.4. The van der Waals surface area contributed by atoms with Gasteiger partial charge in [-0.05, 0) is 48.2 Å². The monoisotopic (exact) mass is 413 g/mol. The van der Waals surface area contributed by atoms with Gasteiger partial charge in [0.2, 0.25) is 21.8 Å². The number of anilines is 1. The Kier molecular flexibility index (Phi) is 5.14. The van der Waals surface area contributed by atoms with Crippen LogP contribution in [0.2, 0.25) is 0 Å². The highest BCUT2D eigenvalue weighted by molar-refractivity contribution is 7.89. The average molecular weight is 413 g/mol. The average Bonchev–Trinajstić information content (AvgIpc) is 3.18. The number of sulfonamides is 1. The van der Waals surface area contributed by atoms with Gasteiger partial charge in [0.1, 0.15) is 6.04 Å². The van der Waals surface area contributed by atoms with Crippen molar-refractivity contribution in [2.24, 2.45) is 0 Å². The van der Waals surface area contributed by atoms with Crippen molar-refractivity contribution < 1.29 is 18.0 Å². The Balaban J connectivity index is 1.67. The van der Waals surface area contributed by atoms with Gasteiger partial charge in [-0.1, -0.05) is 24.3 Å². The number of rotatable bonds is 4. The molecule has 0 saturated carbocycles. The molecule has 0 radical (unpaired) electrons. The van der Waals surface area contributed by atoms with Crippen LogP contribution >= 0.6 is 0 Å². The molecule has 2 amide bonds. The van der Waals surface area contributed by atoms with E-state index in [9.17, 15) is 18.0 Å². The fourth-order valence-electron chi connectivity index (χ4n) is 4.00. The van der Waals surface area contributed by atoms with Gasteiger partial charge < -0.3 is 10.2 Å². The van der Waals surface area contributed by atoms with E-state index in [-0.39, 0.29) is 23.3 Å². The Bertz CT molecular complexity index is 1050. The molecule has 1 fully saturated rings. The van der Waals surface area contributed by atoms with Crippen molar-refractivity contribution in [3.05, 3.63) is 59.7 Å². The third-order valence-electron chi connectivity index (χ3n) is 5.58. The highest BCUT2D eigenvalue weighted by Gasteiger charge is 2.39. The van der Waals surface area contributed by atoms with Gasteiger partial charge >= 0.3 is 0 Å². The molecule has 7 nitrogen and oxygen atoms in total. The zero-order valence-corrected chi connectivity index (χ0v) is 17.0. The Morgan fingerprint density at radius 2 is 1.76 bits per heavy atom. The summed E-state index contributed by atoms with van der Waals surface area (Å²) in [6.07, 6.45) is 1.65. The fourth-order valence-corrected chi connectivity index (χ4v) is 5.56. The maximum atomic E-state index is 13.4. The lowest BCUT2D eigenvalue weighted by Crippen LogP contribution is -2.51. The maximum Gasteiger partial charge on any atom is 0.244 e. The Hall–Kier alpha value is -2.71. The standard InChI is InChI=1S/C21H23N3O4S/c1-22-21(26)19-13-15-5-2-3-6-16(15)14-24(19)29(27,28)18-10-8-17(9-11-18)23-12-4-7-20(23)25/h2-3,5-6,8-11,19H,4,7,12-14H2,1H3,(H,22,26)/t19-/m0/s1. The summed E-state index contributed by atoms with van der Waals surface area (Å²) in [5.41, 5.74) is 2.57. The van der Waals surface area contributed by atoms with E-state index >= 15 is 0 Å². The SMILES string of the molecule is CNC(=O)[C@@H]1Cc2ccccc2CN1S(=O)(=O)c1ccc(N2CCCC2=O)cc1. The quantitative estimate of drug-likeness (QED) is 0.826. The molecule has 0 spiro atoms. The van der Waals surface area contributed by atoms with E-state index in [2.05, 4.69) is 5.32 Å². The summed E-state index contributed by atoms with van der Waals surface area (Å²) in [7, 11) is -2.38. The highest BCUT2D eigenvalue weighted by Crippen LogP contribution is 2.30. The minimum Gasteiger partial charge on any atom is -0.358 e. The molecule has 8 heteroatoms. The summed E-state index contributed by atoms with van der Waals surface area (Å²) in [6, 6.07) is 13.1. The highest BCUT2D eigenvalue weighted by atomic mass is 32.2. The molecular weight excluding hydrogens is 390 g/mol. The summed E-state index contributed by atoms with van der Waals surface area (Å²) < 4.78 is 28.0. The van der Waals surface area contributed by atoms with Crippen molar-refractivity contribution in [3.63, 3.8) is 0 Å². The Morgan fingerprint density at radius 3 is 2.38 bits per heavy atom. The number of likely N-dealkylation sites (N-methyl/N-ethyl adjacent to an activating group) is 1. The van der Waals surface area contributed by atoms with Crippen LogP contribution < -0.4 is 10.2 Å². The van der Waals surface area contributed by atoms with Gasteiger partial charge in [0.25, 0.3) is 0 Å². The van der Waals surface area contributed by atoms with Crippen LogP contribution in [0.1, 0.15) is 24.0 Å². The fraction of sp³-hybridized carbons (Fsp3) is 0.333. The summed E-state index contributed by atoms with van der Waals surface area (Å²) in [6.45, 7) is 0.787. The van der Waals surface area contributed by atoms with E-state index in [0.29, 0.717) is 25.1 Å². The number of nitrogens with zero attached hydrogens (tertiary/aromatic N) is 2. The number of amides is 2. The van der Waals surface area contributed by atoms with Gasteiger partial charge in [0.15, 0.2) is 0 Å². The molecule has 0 unspecified atom stereocenters. The van der Waals surface area contributed by atoms with Gasteiger partial charge in [-0.2, -0.15) is 4.31 Å². The van der Waals surface area contributed by atoms with Crippen LogP contribution in [0.15, 0.2) is 53.4 Å². The number of carbonyl (C=O) groups excluding carboxylic acids is 2. The molecule has 0 aromatic heterocycles. The summed E-state index contributed by atoms with van der Waals surface area (Å²) in [5, 5.41) is 2.58. The van der Waals surface area contributed by atoms with E-state index in [1.807, 2.05) is 24.3 Å². The molecule has 2 aliphatic heterocycles. The zero-order valence-electron chi connectivity index (χ0n) is 16.2. The second kappa shape index (κ2) is 7.61. The number of benzene rings is 2. The number of hydrogen-bond donors (Lipinski definition) is 1. The molecule has 1 saturated heterocycles. The van der Waals surface area contributed by atoms with E-state index < -0.39 is 16.1 Å². The number of nitrogens with one attached hydrogen (secondary N) is 1. The third kappa shape index (κ3) is 3.54. The first-order chi connectivity index (χ1) is 13.9.